The number of aliphatic hydroxyl groups excluding tert-OH is 1. The molecule has 0 aliphatic carbocycles. The van der Waals surface area contributed by atoms with E-state index in [-0.39, 0.29) is 12.5 Å². The van der Waals surface area contributed by atoms with Crippen molar-refractivity contribution in [2.75, 3.05) is 5.73 Å². The van der Waals surface area contributed by atoms with Gasteiger partial charge >= 0.3 is 0 Å². The summed E-state index contributed by atoms with van der Waals surface area (Å²) in [6.07, 6.45) is 0.779. The highest BCUT2D eigenvalue weighted by molar-refractivity contribution is 5.77. The topological polar surface area (TPSA) is 101 Å². The Hall–Kier alpha value is -3.25. The smallest absolute Gasteiger partial charge is 0.203 e. The number of nitrogens with two attached hydrogens (primary N) is 1. The molecule has 2 aromatic heterocycles. The van der Waals surface area contributed by atoms with Crippen molar-refractivity contribution < 1.29 is 5.11 Å². The van der Waals surface area contributed by atoms with Gasteiger partial charge in [0.05, 0.1) is 6.61 Å². The molecule has 26 heavy (non-hydrogen) atoms. The molecule has 6 heteroatoms. The lowest BCUT2D eigenvalue weighted by Gasteiger charge is -2.19. The molecule has 130 valence electrons. The average Bonchev–Trinajstić information content (AvgIpc) is 3.15. The highest BCUT2D eigenvalue weighted by atomic mass is 16.3. The number of nitrogens with one attached hydrogen (secondary N) is 1. The second-order valence-electron chi connectivity index (χ2n) is 6.27. The van der Waals surface area contributed by atoms with Crippen molar-refractivity contribution >= 4 is 17.0 Å². The van der Waals surface area contributed by atoms with Gasteiger partial charge in [-0.3, -0.25) is 0 Å². The number of aromatic amines is 1. The number of fused-ring (bicyclic) bond motifs is 1. The Balaban J connectivity index is 1.81. The molecular formula is C20H19N5O. The zero-order valence-electron chi connectivity index (χ0n) is 14.1. The predicted octanol–water partition coefficient (Wildman–Crippen LogP) is 2.80. The predicted molar refractivity (Wildman–Crippen MR) is 100 cm³/mol. The zero-order valence-corrected chi connectivity index (χ0v) is 14.1. The number of nitrogens with zero attached hydrogens (tertiary/aromatic N) is 3. The zero-order chi connectivity index (χ0) is 17.9. The molecule has 4 aromatic rings. The first kappa shape index (κ1) is 16.2. The van der Waals surface area contributed by atoms with Gasteiger partial charge in [-0.1, -0.05) is 54.6 Å². The summed E-state index contributed by atoms with van der Waals surface area (Å²) in [5.41, 5.74) is 11.5. The largest absolute Gasteiger partial charge is 0.392 e. The van der Waals surface area contributed by atoms with Gasteiger partial charge in [0.15, 0.2) is 0 Å². The molecular weight excluding hydrogens is 326 g/mol. The van der Waals surface area contributed by atoms with E-state index in [4.69, 9.17) is 5.73 Å². The number of nitrogen functional groups attached to an aromatic ring is 1. The normalized spacial score (nSPS) is 12.3. The number of aliphatic hydroxyl groups is 1. The monoisotopic (exact) mass is 345 g/mol. The number of rotatable bonds is 5. The summed E-state index contributed by atoms with van der Waals surface area (Å²) < 4.78 is 0. The number of anilines is 1. The van der Waals surface area contributed by atoms with E-state index in [0.29, 0.717) is 11.5 Å². The van der Waals surface area contributed by atoms with Gasteiger partial charge in [-0.25, -0.2) is 4.98 Å². The fourth-order valence-corrected chi connectivity index (χ4v) is 3.25. The van der Waals surface area contributed by atoms with Gasteiger partial charge in [-0.05, 0) is 34.7 Å². The molecule has 0 fully saturated rings. The number of pyridine rings is 1. The SMILES string of the molecule is Nc1cc(C(Cc2ccc(CO)cc2)c2ccccc2)c2n[nH]nc2n1. The van der Waals surface area contributed by atoms with Gasteiger partial charge in [-0.15, -0.1) is 5.10 Å². The van der Waals surface area contributed by atoms with Crippen molar-refractivity contribution in [2.24, 2.45) is 0 Å². The quantitative estimate of drug-likeness (QED) is 0.516. The summed E-state index contributed by atoms with van der Waals surface area (Å²) in [6, 6.07) is 20.1. The van der Waals surface area contributed by atoms with Gasteiger partial charge in [0.2, 0.25) is 5.65 Å². The summed E-state index contributed by atoms with van der Waals surface area (Å²) in [7, 11) is 0. The fourth-order valence-electron chi connectivity index (χ4n) is 3.25. The van der Waals surface area contributed by atoms with Crippen LogP contribution in [0.15, 0.2) is 60.7 Å². The minimum atomic E-state index is 0.0445. The van der Waals surface area contributed by atoms with Crippen molar-refractivity contribution in [2.45, 2.75) is 18.9 Å². The maximum atomic E-state index is 9.25. The maximum absolute atomic E-state index is 9.25. The molecule has 2 heterocycles. The van der Waals surface area contributed by atoms with E-state index in [2.05, 4.69) is 32.5 Å². The molecule has 1 unspecified atom stereocenters. The molecule has 0 amide bonds. The van der Waals surface area contributed by atoms with E-state index in [1.54, 1.807) is 0 Å². The number of hydrogen-bond donors (Lipinski definition) is 3. The van der Waals surface area contributed by atoms with Crippen molar-refractivity contribution in [1.29, 1.82) is 0 Å². The summed E-state index contributed by atoms with van der Waals surface area (Å²) in [5, 5.41) is 20.3. The van der Waals surface area contributed by atoms with Crippen LogP contribution in [0.2, 0.25) is 0 Å². The molecule has 4 rings (SSSR count). The third-order valence-corrected chi connectivity index (χ3v) is 4.56. The van der Waals surface area contributed by atoms with Crippen molar-refractivity contribution in [3.63, 3.8) is 0 Å². The number of hydrogen-bond acceptors (Lipinski definition) is 5. The highest BCUT2D eigenvalue weighted by Gasteiger charge is 2.20. The average molecular weight is 345 g/mol. The van der Waals surface area contributed by atoms with Crippen LogP contribution in [0.3, 0.4) is 0 Å². The molecule has 0 saturated heterocycles. The van der Waals surface area contributed by atoms with Gasteiger partial charge in [0, 0.05) is 5.92 Å². The van der Waals surface area contributed by atoms with Gasteiger partial charge < -0.3 is 10.8 Å². The van der Waals surface area contributed by atoms with Crippen molar-refractivity contribution in [3.8, 4) is 0 Å². The van der Waals surface area contributed by atoms with Gasteiger partial charge in [-0.2, -0.15) is 10.3 Å². The van der Waals surface area contributed by atoms with Crippen LogP contribution in [0, 0.1) is 0 Å². The lowest BCUT2D eigenvalue weighted by molar-refractivity contribution is 0.282. The number of benzene rings is 2. The van der Waals surface area contributed by atoms with E-state index in [1.165, 1.54) is 11.1 Å². The van der Waals surface area contributed by atoms with E-state index in [0.717, 1.165) is 23.1 Å². The Kier molecular flexibility index (Phi) is 4.33. The molecule has 4 N–H and O–H groups in total. The van der Waals surface area contributed by atoms with Crippen LogP contribution in [0.5, 0.6) is 0 Å². The second kappa shape index (κ2) is 6.93. The van der Waals surface area contributed by atoms with E-state index >= 15 is 0 Å². The summed E-state index contributed by atoms with van der Waals surface area (Å²) in [5.74, 6) is 0.493. The minimum Gasteiger partial charge on any atom is -0.392 e. The molecule has 1 atom stereocenters. The molecule has 0 aliphatic heterocycles. The molecule has 0 radical (unpaired) electrons. The number of aromatic nitrogens is 4. The van der Waals surface area contributed by atoms with Crippen molar-refractivity contribution in [1.82, 2.24) is 20.4 Å². The minimum absolute atomic E-state index is 0.0445. The summed E-state index contributed by atoms with van der Waals surface area (Å²) >= 11 is 0. The molecule has 0 aliphatic rings. The van der Waals surface area contributed by atoms with E-state index in [9.17, 15) is 5.11 Å². The molecule has 0 spiro atoms. The highest BCUT2D eigenvalue weighted by Crippen LogP contribution is 2.32. The lowest BCUT2D eigenvalue weighted by Crippen LogP contribution is -2.08. The van der Waals surface area contributed by atoms with Crippen LogP contribution in [0.4, 0.5) is 5.82 Å². The first-order chi connectivity index (χ1) is 12.7. The maximum Gasteiger partial charge on any atom is 0.203 e. The first-order valence-corrected chi connectivity index (χ1v) is 8.45. The van der Waals surface area contributed by atoms with Crippen LogP contribution in [-0.4, -0.2) is 25.5 Å². The van der Waals surface area contributed by atoms with E-state index < -0.39 is 0 Å². The van der Waals surface area contributed by atoms with Crippen LogP contribution >= 0.6 is 0 Å². The Morgan fingerprint density at radius 3 is 2.42 bits per heavy atom. The van der Waals surface area contributed by atoms with Gasteiger partial charge in [0.1, 0.15) is 11.3 Å². The van der Waals surface area contributed by atoms with Crippen LogP contribution in [0.1, 0.15) is 28.2 Å². The Morgan fingerprint density at radius 1 is 0.962 bits per heavy atom. The van der Waals surface area contributed by atoms with Crippen LogP contribution in [0.25, 0.3) is 11.2 Å². The second-order valence-corrected chi connectivity index (χ2v) is 6.27. The fraction of sp³-hybridized carbons (Fsp3) is 0.150. The van der Waals surface area contributed by atoms with Crippen molar-refractivity contribution in [3.05, 3.63) is 82.9 Å². The summed E-state index contributed by atoms with van der Waals surface area (Å²) in [4.78, 5) is 4.25. The lowest BCUT2D eigenvalue weighted by atomic mass is 9.85. The Bertz CT molecular complexity index is 1010. The van der Waals surface area contributed by atoms with Crippen LogP contribution in [-0.2, 0) is 13.0 Å². The van der Waals surface area contributed by atoms with Gasteiger partial charge in [0.25, 0.3) is 0 Å². The van der Waals surface area contributed by atoms with Crippen LogP contribution < -0.4 is 5.73 Å². The standard InChI is InChI=1S/C20H19N5O/c21-18-11-17(19-20(22-18)24-25-23-19)16(15-4-2-1-3-5-15)10-13-6-8-14(12-26)9-7-13/h1-9,11,16,26H,10,12H2,(H3,21,22,23,24,25). The molecule has 6 nitrogen and oxygen atoms in total. The first-order valence-electron chi connectivity index (χ1n) is 8.45. The number of H-pyrrole nitrogens is 1. The Morgan fingerprint density at radius 2 is 1.69 bits per heavy atom. The third kappa shape index (κ3) is 3.14. The molecule has 2 aromatic carbocycles. The molecule has 0 bridgehead atoms. The summed E-state index contributed by atoms with van der Waals surface area (Å²) in [6.45, 7) is 0.0445. The molecule has 0 saturated carbocycles. The van der Waals surface area contributed by atoms with E-state index in [1.807, 2.05) is 48.5 Å². The third-order valence-electron chi connectivity index (χ3n) is 4.56. The Labute approximate surface area is 150 Å².